The third-order valence-electron chi connectivity index (χ3n) is 5.28. The van der Waals surface area contributed by atoms with E-state index in [-0.39, 0.29) is 24.0 Å². The lowest BCUT2D eigenvalue weighted by molar-refractivity contribution is -0.139. The van der Waals surface area contributed by atoms with Crippen molar-refractivity contribution in [3.8, 4) is 11.5 Å². The van der Waals surface area contributed by atoms with E-state index < -0.39 is 12.0 Å². The van der Waals surface area contributed by atoms with Gasteiger partial charge in [0.25, 0.3) is 5.56 Å². The van der Waals surface area contributed by atoms with Crippen LogP contribution in [0.5, 0.6) is 11.5 Å². The number of esters is 1. The molecule has 0 fully saturated rings. The van der Waals surface area contributed by atoms with Crippen molar-refractivity contribution in [2.75, 3.05) is 6.61 Å². The molecule has 0 spiro atoms. The molecule has 7 nitrogen and oxygen atoms in total. The predicted molar refractivity (Wildman–Crippen MR) is 131 cm³/mol. The van der Waals surface area contributed by atoms with Crippen LogP contribution in [0, 0.1) is 0 Å². The molecule has 176 valence electrons. The number of carbonyl (C=O) groups is 1. The monoisotopic (exact) mass is 478 g/mol. The van der Waals surface area contributed by atoms with Crippen LogP contribution in [-0.2, 0) is 9.53 Å². The molecule has 0 aliphatic carbocycles. The van der Waals surface area contributed by atoms with Crippen LogP contribution >= 0.6 is 11.3 Å². The molecule has 2 heterocycles. The quantitative estimate of drug-likeness (QED) is 0.549. The number of hydrogen-bond donors (Lipinski definition) is 1. The Balaban J connectivity index is 1.89. The van der Waals surface area contributed by atoms with Gasteiger partial charge in [-0.25, -0.2) is 9.79 Å². The molecule has 1 N–H and O–H groups in total. The first-order valence-electron chi connectivity index (χ1n) is 11.0. The Hall–Kier alpha value is -3.65. The summed E-state index contributed by atoms with van der Waals surface area (Å²) in [7, 11) is 0. The molecule has 4 rings (SSSR count). The van der Waals surface area contributed by atoms with Gasteiger partial charge in [-0.1, -0.05) is 35.6 Å². The van der Waals surface area contributed by atoms with E-state index in [1.165, 1.54) is 11.3 Å². The number of aromatic hydroxyl groups is 1. The zero-order valence-corrected chi connectivity index (χ0v) is 20.3. The summed E-state index contributed by atoms with van der Waals surface area (Å²) in [5.41, 5.74) is 2.13. The summed E-state index contributed by atoms with van der Waals surface area (Å²) >= 11 is 1.26. The first-order valence-corrected chi connectivity index (χ1v) is 11.9. The molecule has 1 atom stereocenters. The number of phenols is 1. The van der Waals surface area contributed by atoms with Crippen molar-refractivity contribution in [3.63, 3.8) is 0 Å². The van der Waals surface area contributed by atoms with Gasteiger partial charge in [0.15, 0.2) is 4.80 Å². The van der Waals surface area contributed by atoms with Crippen molar-refractivity contribution < 1.29 is 19.4 Å². The SMILES string of the molecule is CCOC(=O)C1=C(C)N=c2s/c(=C\c3ccc(O)cc3)c(=O)n2[C@@H]1c1ccc(OC(C)C)cc1. The van der Waals surface area contributed by atoms with Crippen molar-refractivity contribution in [2.45, 2.75) is 39.8 Å². The molecular formula is C26H26N2O5S. The molecule has 0 radical (unpaired) electrons. The normalized spacial score (nSPS) is 15.8. The average Bonchev–Trinajstić information content (AvgIpc) is 3.09. The molecule has 0 saturated carbocycles. The molecule has 0 amide bonds. The van der Waals surface area contributed by atoms with Gasteiger partial charge in [0, 0.05) is 0 Å². The number of thiazole rings is 1. The van der Waals surface area contributed by atoms with Crippen molar-refractivity contribution in [1.82, 2.24) is 4.57 Å². The molecule has 3 aromatic rings. The van der Waals surface area contributed by atoms with Gasteiger partial charge in [0.2, 0.25) is 0 Å². The molecule has 1 aromatic heterocycles. The lowest BCUT2D eigenvalue weighted by Crippen LogP contribution is -2.39. The Kier molecular flexibility index (Phi) is 6.70. The second-order valence-corrected chi connectivity index (χ2v) is 9.14. The minimum absolute atomic E-state index is 0.0284. The Morgan fingerprint density at radius 2 is 1.85 bits per heavy atom. The van der Waals surface area contributed by atoms with Crippen LogP contribution in [0.3, 0.4) is 0 Å². The number of allylic oxidation sites excluding steroid dienone is 1. The summed E-state index contributed by atoms with van der Waals surface area (Å²) in [5.74, 6) is 0.360. The van der Waals surface area contributed by atoms with Gasteiger partial charge in [-0.15, -0.1) is 0 Å². The van der Waals surface area contributed by atoms with Gasteiger partial charge in [-0.05, 0) is 69.2 Å². The van der Waals surface area contributed by atoms with Crippen molar-refractivity contribution >= 4 is 23.4 Å². The number of phenolic OH excluding ortho intramolecular Hbond substituents is 1. The average molecular weight is 479 g/mol. The second kappa shape index (κ2) is 9.69. The molecule has 34 heavy (non-hydrogen) atoms. The molecule has 0 saturated heterocycles. The van der Waals surface area contributed by atoms with Crippen LogP contribution < -0.4 is 19.6 Å². The van der Waals surface area contributed by atoms with Crippen molar-refractivity contribution in [1.29, 1.82) is 0 Å². The third kappa shape index (κ3) is 4.68. The Morgan fingerprint density at radius 1 is 1.18 bits per heavy atom. The van der Waals surface area contributed by atoms with Crippen LogP contribution in [0.2, 0.25) is 0 Å². The zero-order valence-electron chi connectivity index (χ0n) is 19.4. The number of rotatable bonds is 6. The highest BCUT2D eigenvalue weighted by molar-refractivity contribution is 7.07. The summed E-state index contributed by atoms with van der Waals surface area (Å²) in [6, 6.07) is 13.3. The fraction of sp³-hybridized carbons (Fsp3) is 0.269. The van der Waals surface area contributed by atoms with E-state index in [0.717, 1.165) is 11.1 Å². The van der Waals surface area contributed by atoms with Crippen LogP contribution in [-0.4, -0.2) is 28.4 Å². The molecule has 1 aliphatic heterocycles. The number of hydrogen-bond acceptors (Lipinski definition) is 7. The highest BCUT2D eigenvalue weighted by atomic mass is 32.1. The smallest absolute Gasteiger partial charge is 0.338 e. The molecule has 8 heteroatoms. The van der Waals surface area contributed by atoms with Gasteiger partial charge >= 0.3 is 5.97 Å². The number of ether oxygens (including phenoxy) is 2. The van der Waals surface area contributed by atoms with Gasteiger partial charge in [0.1, 0.15) is 11.5 Å². The number of aromatic nitrogens is 1. The third-order valence-corrected chi connectivity index (χ3v) is 6.26. The number of fused-ring (bicyclic) bond motifs is 1. The summed E-state index contributed by atoms with van der Waals surface area (Å²) in [6.07, 6.45) is 1.78. The first kappa shape index (κ1) is 23.5. The van der Waals surface area contributed by atoms with Crippen LogP contribution in [0.4, 0.5) is 0 Å². The van der Waals surface area contributed by atoms with Crippen LogP contribution in [0.1, 0.15) is 44.9 Å². The topological polar surface area (TPSA) is 90.1 Å². The Morgan fingerprint density at radius 3 is 2.47 bits per heavy atom. The van der Waals surface area contributed by atoms with Gasteiger partial charge in [-0.2, -0.15) is 0 Å². The molecule has 1 aliphatic rings. The lowest BCUT2D eigenvalue weighted by Gasteiger charge is -2.25. The minimum atomic E-state index is -0.676. The van der Waals surface area contributed by atoms with Crippen molar-refractivity contribution in [3.05, 3.63) is 90.6 Å². The Labute approximate surface area is 200 Å². The van der Waals surface area contributed by atoms with E-state index >= 15 is 0 Å². The standard InChI is InChI=1S/C26H26N2O5S/c1-5-32-25(31)22-16(4)27-26-28(23(22)18-8-12-20(13-9-18)33-15(2)3)24(30)21(34-26)14-17-6-10-19(29)11-7-17/h6-15,23,29H,5H2,1-4H3/b21-14-/t23-/m1/s1. The van der Waals surface area contributed by atoms with Gasteiger partial charge < -0.3 is 14.6 Å². The highest BCUT2D eigenvalue weighted by Gasteiger charge is 2.33. The first-order chi connectivity index (χ1) is 16.3. The number of benzene rings is 2. The summed E-state index contributed by atoms with van der Waals surface area (Å²) in [4.78, 5) is 31.6. The maximum Gasteiger partial charge on any atom is 0.338 e. The highest BCUT2D eigenvalue weighted by Crippen LogP contribution is 2.31. The summed E-state index contributed by atoms with van der Waals surface area (Å²) in [6.45, 7) is 7.62. The van der Waals surface area contributed by atoms with E-state index in [1.54, 1.807) is 48.8 Å². The minimum Gasteiger partial charge on any atom is -0.508 e. The van der Waals surface area contributed by atoms with Crippen molar-refractivity contribution in [2.24, 2.45) is 4.99 Å². The number of carbonyl (C=O) groups excluding carboxylic acids is 1. The van der Waals surface area contributed by atoms with Crippen LogP contribution in [0.15, 0.2) is 69.6 Å². The van der Waals surface area contributed by atoms with E-state index in [9.17, 15) is 14.7 Å². The largest absolute Gasteiger partial charge is 0.508 e. The summed E-state index contributed by atoms with van der Waals surface area (Å²) < 4.78 is 13.1. The molecule has 0 unspecified atom stereocenters. The maximum absolute atomic E-state index is 13.5. The fourth-order valence-corrected chi connectivity index (χ4v) is 4.88. The maximum atomic E-state index is 13.5. The molecule has 0 bridgehead atoms. The lowest BCUT2D eigenvalue weighted by atomic mass is 9.96. The van der Waals surface area contributed by atoms with E-state index in [1.807, 2.05) is 38.1 Å². The second-order valence-electron chi connectivity index (χ2n) is 8.13. The van der Waals surface area contributed by atoms with Gasteiger partial charge in [0.05, 0.1) is 34.6 Å². The Bertz CT molecular complexity index is 1410. The van der Waals surface area contributed by atoms with E-state index in [4.69, 9.17) is 9.47 Å². The van der Waals surface area contributed by atoms with E-state index in [2.05, 4.69) is 4.99 Å². The van der Waals surface area contributed by atoms with E-state index in [0.29, 0.717) is 26.4 Å². The fourth-order valence-electron chi connectivity index (χ4n) is 3.83. The zero-order chi connectivity index (χ0) is 24.4. The van der Waals surface area contributed by atoms with Gasteiger partial charge in [-0.3, -0.25) is 9.36 Å². The predicted octanol–water partition coefficient (Wildman–Crippen LogP) is 3.29. The molecule has 2 aromatic carbocycles. The summed E-state index contributed by atoms with van der Waals surface area (Å²) in [5, 5.41) is 9.54. The van der Waals surface area contributed by atoms with Crippen LogP contribution in [0.25, 0.3) is 6.08 Å². The molecular weight excluding hydrogens is 452 g/mol. The number of nitrogens with zero attached hydrogens (tertiary/aromatic N) is 2.